The molecule has 1 heterocycles. The van der Waals surface area contributed by atoms with Gasteiger partial charge in [0.25, 0.3) is 10.0 Å². The molecule has 0 amide bonds. The number of carbonyl (C=O) groups is 1. The van der Waals surface area contributed by atoms with E-state index in [2.05, 4.69) is 10.0 Å². The topological polar surface area (TPSA) is 121 Å². The van der Waals surface area contributed by atoms with Crippen molar-refractivity contribution in [2.24, 2.45) is 0 Å². The Kier molecular flexibility index (Phi) is 7.68. The second-order valence-corrected chi connectivity index (χ2v) is 11.3. The maximum absolute atomic E-state index is 12.6. The monoisotopic (exact) mass is 521 g/mol. The molecule has 3 aromatic carbocycles. The number of aromatic nitrogens is 1. The predicted molar refractivity (Wildman–Crippen MR) is 144 cm³/mol. The number of anilines is 1. The van der Waals surface area contributed by atoms with Gasteiger partial charge in [0.15, 0.2) is 0 Å². The van der Waals surface area contributed by atoms with Gasteiger partial charge in [0, 0.05) is 36.0 Å². The number of aliphatic hydroxyl groups is 1. The molecule has 1 aromatic heterocycles. The SMILES string of the molecule is CC(C)(CCn1ccc2ccc(C(=O)O)cc21)NC[C@@H](O)c1cccc(NS(=O)(=O)c2ccccc2)c1. The molecule has 4 rings (SSSR count). The van der Waals surface area contributed by atoms with E-state index in [0.29, 0.717) is 17.8 Å². The van der Waals surface area contributed by atoms with E-state index in [9.17, 15) is 23.4 Å². The van der Waals surface area contributed by atoms with Crippen molar-refractivity contribution in [3.63, 3.8) is 0 Å². The molecule has 8 nitrogen and oxygen atoms in total. The maximum atomic E-state index is 12.6. The average molecular weight is 522 g/mol. The normalized spacial score (nSPS) is 12.9. The third-order valence-corrected chi connectivity index (χ3v) is 7.75. The molecule has 0 aliphatic rings. The number of aliphatic hydroxyl groups excluding tert-OH is 1. The van der Waals surface area contributed by atoms with Crippen LogP contribution in [0.5, 0.6) is 0 Å². The zero-order valence-electron chi connectivity index (χ0n) is 20.8. The number of carboxylic acid groups (broad SMARTS) is 1. The van der Waals surface area contributed by atoms with E-state index in [1.165, 1.54) is 12.1 Å². The molecule has 0 aliphatic heterocycles. The van der Waals surface area contributed by atoms with Crippen LogP contribution in [0, 0.1) is 0 Å². The van der Waals surface area contributed by atoms with E-state index in [0.717, 1.165) is 17.3 Å². The van der Waals surface area contributed by atoms with Crippen molar-refractivity contribution < 1.29 is 23.4 Å². The van der Waals surface area contributed by atoms with Gasteiger partial charge in [-0.1, -0.05) is 36.4 Å². The third kappa shape index (κ3) is 6.56. The average Bonchev–Trinajstić information content (AvgIpc) is 3.29. The molecule has 4 aromatic rings. The second kappa shape index (κ2) is 10.8. The highest BCUT2D eigenvalue weighted by Crippen LogP contribution is 2.23. The van der Waals surface area contributed by atoms with Crippen LogP contribution in [0.2, 0.25) is 0 Å². The summed E-state index contributed by atoms with van der Waals surface area (Å²) < 4.78 is 29.8. The molecule has 0 bridgehead atoms. The van der Waals surface area contributed by atoms with Gasteiger partial charge in [0.05, 0.1) is 16.6 Å². The van der Waals surface area contributed by atoms with Crippen LogP contribution in [0.4, 0.5) is 5.69 Å². The Bertz CT molecular complexity index is 1500. The maximum Gasteiger partial charge on any atom is 0.335 e. The molecule has 194 valence electrons. The number of hydrogen-bond acceptors (Lipinski definition) is 5. The number of fused-ring (bicyclic) bond motifs is 1. The smallest absolute Gasteiger partial charge is 0.335 e. The van der Waals surface area contributed by atoms with E-state index in [1.54, 1.807) is 54.6 Å². The number of aryl methyl sites for hydroxylation is 1. The number of carboxylic acids is 1. The Morgan fingerprint density at radius 2 is 1.76 bits per heavy atom. The first-order valence-electron chi connectivity index (χ1n) is 12.0. The minimum Gasteiger partial charge on any atom is -0.478 e. The first-order valence-corrected chi connectivity index (χ1v) is 13.5. The van der Waals surface area contributed by atoms with Gasteiger partial charge in [0.2, 0.25) is 0 Å². The lowest BCUT2D eigenvalue weighted by atomic mass is 9.99. The zero-order valence-corrected chi connectivity index (χ0v) is 21.6. The molecule has 0 spiro atoms. The highest BCUT2D eigenvalue weighted by atomic mass is 32.2. The van der Waals surface area contributed by atoms with Crippen LogP contribution in [-0.4, -0.2) is 41.3 Å². The Labute approximate surface area is 216 Å². The molecule has 9 heteroatoms. The second-order valence-electron chi connectivity index (χ2n) is 9.66. The molecule has 37 heavy (non-hydrogen) atoms. The van der Waals surface area contributed by atoms with E-state index >= 15 is 0 Å². The largest absolute Gasteiger partial charge is 0.478 e. The Morgan fingerprint density at radius 1 is 1.00 bits per heavy atom. The molecule has 4 N–H and O–H groups in total. The Balaban J connectivity index is 1.37. The summed E-state index contributed by atoms with van der Waals surface area (Å²) in [5, 5.41) is 24.5. The summed E-state index contributed by atoms with van der Waals surface area (Å²) in [6, 6.07) is 21.9. The number of aromatic carboxylic acids is 1. The number of hydrogen-bond donors (Lipinski definition) is 4. The highest BCUT2D eigenvalue weighted by molar-refractivity contribution is 7.92. The van der Waals surface area contributed by atoms with Crippen molar-refractivity contribution >= 4 is 32.6 Å². The van der Waals surface area contributed by atoms with Gasteiger partial charge in [-0.3, -0.25) is 4.72 Å². The highest BCUT2D eigenvalue weighted by Gasteiger charge is 2.20. The summed E-state index contributed by atoms with van der Waals surface area (Å²) in [6.45, 7) is 5.02. The molecule has 0 aliphatic carbocycles. The van der Waals surface area contributed by atoms with E-state index < -0.39 is 22.1 Å². The quantitative estimate of drug-likeness (QED) is 0.228. The number of benzene rings is 3. The number of nitrogens with zero attached hydrogens (tertiary/aromatic N) is 1. The third-order valence-electron chi connectivity index (χ3n) is 6.35. The fourth-order valence-electron chi connectivity index (χ4n) is 4.11. The first kappa shape index (κ1) is 26.4. The van der Waals surface area contributed by atoms with Crippen LogP contribution in [0.25, 0.3) is 10.9 Å². The molecular formula is C28H31N3O5S. The van der Waals surface area contributed by atoms with Crippen molar-refractivity contribution in [3.8, 4) is 0 Å². The van der Waals surface area contributed by atoms with Crippen molar-refractivity contribution in [2.45, 2.75) is 43.4 Å². The minimum absolute atomic E-state index is 0.166. The summed E-state index contributed by atoms with van der Waals surface area (Å²) in [4.78, 5) is 11.5. The van der Waals surface area contributed by atoms with Gasteiger partial charge in [0.1, 0.15) is 0 Å². The van der Waals surface area contributed by atoms with Gasteiger partial charge >= 0.3 is 5.97 Å². The molecule has 0 saturated heterocycles. The molecular weight excluding hydrogens is 490 g/mol. The summed E-state index contributed by atoms with van der Waals surface area (Å²) in [5.74, 6) is -0.956. The minimum atomic E-state index is -3.73. The van der Waals surface area contributed by atoms with Crippen molar-refractivity contribution in [3.05, 3.63) is 96.2 Å². The van der Waals surface area contributed by atoms with E-state index in [4.69, 9.17) is 0 Å². The summed E-state index contributed by atoms with van der Waals surface area (Å²) in [7, 11) is -3.73. The standard InChI is InChI=1S/C28H31N3O5S/c1-28(2,14-16-31-15-13-20-11-12-22(27(33)34)18-25(20)31)29-19-26(32)21-7-6-8-23(17-21)30-37(35,36)24-9-4-3-5-10-24/h3-13,15,17-18,26,29-30,32H,14,16,19H2,1-2H3,(H,33,34)/t26-/m1/s1. The van der Waals surface area contributed by atoms with Gasteiger partial charge < -0.3 is 20.1 Å². The van der Waals surface area contributed by atoms with Gasteiger partial charge in [-0.25, -0.2) is 13.2 Å². The van der Waals surface area contributed by atoms with E-state index in [1.807, 2.05) is 36.7 Å². The van der Waals surface area contributed by atoms with Crippen molar-refractivity contribution in [1.29, 1.82) is 0 Å². The molecule has 0 saturated carbocycles. The zero-order chi connectivity index (χ0) is 26.6. The number of nitrogens with one attached hydrogen (secondary N) is 2. The van der Waals surface area contributed by atoms with Crippen molar-refractivity contribution in [2.75, 3.05) is 11.3 Å². The van der Waals surface area contributed by atoms with Crippen LogP contribution in [-0.2, 0) is 16.6 Å². The first-order chi connectivity index (χ1) is 17.5. The van der Waals surface area contributed by atoms with Crippen LogP contribution in [0.3, 0.4) is 0 Å². The van der Waals surface area contributed by atoms with Crippen LogP contribution < -0.4 is 10.0 Å². The Morgan fingerprint density at radius 3 is 2.49 bits per heavy atom. The van der Waals surface area contributed by atoms with Crippen LogP contribution in [0.1, 0.15) is 42.3 Å². The lowest BCUT2D eigenvalue weighted by Gasteiger charge is -2.28. The predicted octanol–water partition coefficient (Wildman–Crippen LogP) is 4.63. The molecule has 0 radical (unpaired) electrons. The lowest BCUT2D eigenvalue weighted by Crippen LogP contribution is -2.42. The molecule has 0 fully saturated rings. The fourth-order valence-corrected chi connectivity index (χ4v) is 5.18. The van der Waals surface area contributed by atoms with Crippen LogP contribution >= 0.6 is 0 Å². The van der Waals surface area contributed by atoms with Gasteiger partial charge in [-0.15, -0.1) is 0 Å². The van der Waals surface area contributed by atoms with Gasteiger partial charge in [-0.05, 0) is 73.7 Å². The number of β-amino-alcohol motifs (C(OH)–C–C–N with tert-alkyl or cyclic N) is 1. The summed E-state index contributed by atoms with van der Waals surface area (Å²) in [6.07, 6.45) is 1.84. The lowest BCUT2D eigenvalue weighted by molar-refractivity contribution is 0.0697. The molecule has 1 atom stereocenters. The number of rotatable bonds is 11. The van der Waals surface area contributed by atoms with Gasteiger partial charge in [-0.2, -0.15) is 0 Å². The number of sulfonamides is 1. The Hall–Kier alpha value is -3.66. The van der Waals surface area contributed by atoms with E-state index in [-0.39, 0.29) is 22.5 Å². The fraction of sp³-hybridized carbons (Fsp3) is 0.250. The summed E-state index contributed by atoms with van der Waals surface area (Å²) >= 11 is 0. The van der Waals surface area contributed by atoms with Crippen molar-refractivity contribution in [1.82, 2.24) is 9.88 Å². The molecule has 0 unspecified atom stereocenters. The van der Waals surface area contributed by atoms with Crippen LogP contribution in [0.15, 0.2) is 90.0 Å². The summed E-state index contributed by atoms with van der Waals surface area (Å²) in [5.41, 5.74) is 1.76.